The zero-order chi connectivity index (χ0) is 18.7. The summed E-state index contributed by atoms with van der Waals surface area (Å²) in [5.74, 6) is 0.184. The quantitative estimate of drug-likeness (QED) is 0.707. The van der Waals surface area contributed by atoms with Crippen molar-refractivity contribution in [2.75, 3.05) is 7.11 Å². The lowest BCUT2D eigenvalue weighted by Gasteiger charge is -2.32. The van der Waals surface area contributed by atoms with Crippen LogP contribution in [-0.4, -0.2) is 47.1 Å². The molecule has 1 aliphatic heterocycles. The SMILES string of the molecule is COC(=O)[C@@H]1C[C@H]2CCCC[C@H]2N1Cc1csc(CC(=O)OC(C)C)n1. The second-order valence-corrected chi connectivity index (χ2v) is 8.45. The molecule has 7 heteroatoms. The summed E-state index contributed by atoms with van der Waals surface area (Å²) >= 11 is 1.48. The van der Waals surface area contributed by atoms with Gasteiger partial charge in [0.25, 0.3) is 0 Å². The predicted molar refractivity (Wildman–Crippen MR) is 98.8 cm³/mol. The van der Waals surface area contributed by atoms with Gasteiger partial charge in [0.15, 0.2) is 0 Å². The first-order chi connectivity index (χ1) is 12.5. The Morgan fingerprint density at radius 3 is 2.85 bits per heavy atom. The highest BCUT2D eigenvalue weighted by atomic mass is 32.1. The molecule has 6 nitrogen and oxygen atoms in total. The minimum absolute atomic E-state index is 0.115. The van der Waals surface area contributed by atoms with Crippen molar-refractivity contribution in [1.29, 1.82) is 0 Å². The Bertz CT molecular complexity index is 645. The number of carbonyl (C=O) groups is 2. The van der Waals surface area contributed by atoms with Gasteiger partial charge in [0, 0.05) is 18.0 Å². The van der Waals surface area contributed by atoms with E-state index in [0.717, 1.165) is 23.5 Å². The normalized spacial score (nSPS) is 25.9. The lowest BCUT2D eigenvalue weighted by atomic mass is 9.85. The molecule has 0 aromatic carbocycles. The van der Waals surface area contributed by atoms with Crippen LogP contribution in [-0.2, 0) is 32.0 Å². The molecule has 0 amide bonds. The van der Waals surface area contributed by atoms with E-state index in [1.807, 2.05) is 19.2 Å². The van der Waals surface area contributed by atoms with Crippen LogP contribution in [0, 0.1) is 5.92 Å². The highest BCUT2D eigenvalue weighted by Crippen LogP contribution is 2.40. The molecule has 3 atom stereocenters. The maximum absolute atomic E-state index is 12.3. The molecule has 0 unspecified atom stereocenters. The third-order valence-electron chi connectivity index (χ3n) is 5.30. The van der Waals surface area contributed by atoms with Gasteiger partial charge in [-0.25, -0.2) is 4.98 Å². The number of esters is 2. The standard InChI is InChI=1S/C19H28N2O4S/c1-12(2)25-18(22)9-17-20-14(11-26-17)10-21-15-7-5-4-6-13(15)8-16(21)19(23)24-3/h11-13,15-16H,4-10H2,1-3H3/t13-,15-,16+/m1/s1. The molecule has 0 bridgehead atoms. The first-order valence-corrected chi connectivity index (χ1v) is 10.3. The number of hydrogen-bond donors (Lipinski definition) is 0. The summed E-state index contributed by atoms with van der Waals surface area (Å²) < 4.78 is 10.2. The van der Waals surface area contributed by atoms with E-state index in [0.29, 0.717) is 18.5 Å². The molecule has 1 saturated carbocycles. The van der Waals surface area contributed by atoms with E-state index in [-0.39, 0.29) is 30.5 Å². The molecule has 0 radical (unpaired) electrons. The average Bonchev–Trinajstić information content (AvgIpc) is 3.18. The smallest absolute Gasteiger partial charge is 0.323 e. The lowest BCUT2D eigenvalue weighted by Crippen LogP contribution is -2.42. The van der Waals surface area contributed by atoms with Crippen LogP contribution in [0.3, 0.4) is 0 Å². The number of aromatic nitrogens is 1. The summed E-state index contributed by atoms with van der Waals surface area (Å²) in [6.07, 6.45) is 5.77. The van der Waals surface area contributed by atoms with E-state index in [9.17, 15) is 9.59 Å². The second-order valence-electron chi connectivity index (χ2n) is 7.51. The summed E-state index contributed by atoms with van der Waals surface area (Å²) in [4.78, 5) is 31.0. The molecule has 26 heavy (non-hydrogen) atoms. The summed E-state index contributed by atoms with van der Waals surface area (Å²) in [5, 5.41) is 2.75. The summed E-state index contributed by atoms with van der Waals surface area (Å²) in [6.45, 7) is 4.31. The van der Waals surface area contributed by atoms with Gasteiger partial charge in [-0.2, -0.15) is 0 Å². The van der Waals surface area contributed by atoms with E-state index in [1.165, 1.54) is 37.7 Å². The molecule has 2 heterocycles. The van der Waals surface area contributed by atoms with Crippen LogP contribution in [0.4, 0.5) is 0 Å². The molecular weight excluding hydrogens is 352 g/mol. The van der Waals surface area contributed by atoms with Crippen molar-refractivity contribution in [3.63, 3.8) is 0 Å². The van der Waals surface area contributed by atoms with Gasteiger partial charge in [0.05, 0.1) is 25.3 Å². The fourth-order valence-corrected chi connectivity index (χ4v) is 5.04. The van der Waals surface area contributed by atoms with Gasteiger partial charge in [-0.15, -0.1) is 11.3 Å². The Kier molecular flexibility index (Phi) is 6.29. The number of methoxy groups -OCH3 is 1. The number of thiazole rings is 1. The minimum atomic E-state index is -0.248. The maximum Gasteiger partial charge on any atom is 0.323 e. The number of nitrogens with zero attached hydrogens (tertiary/aromatic N) is 2. The molecule has 3 rings (SSSR count). The molecule has 1 saturated heterocycles. The first-order valence-electron chi connectivity index (χ1n) is 9.44. The van der Waals surface area contributed by atoms with Crippen LogP contribution in [0.5, 0.6) is 0 Å². The number of likely N-dealkylation sites (tertiary alicyclic amines) is 1. The summed E-state index contributed by atoms with van der Waals surface area (Å²) in [7, 11) is 1.46. The molecule has 1 aromatic heterocycles. The molecule has 144 valence electrons. The largest absolute Gasteiger partial charge is 0.468 e. The Labute approximate surface area is 158 Å². The topological polar surface area (TPSA) is 68.7 Å². The van der Waals surface area contributed by atoms with Crippen LogP contribution in [0.25, 0.3) is 0 Å². The van der Waals surface area contributed by atoms with Crippen LogP contribution >= 0.6 is 11.3 Å². The van der Waals surface area contributed by atoms with Crippen LogP contribution in [0.15, 0.2) is 5.38 Å². The van der Waals surface area contributed by atoms with Gasteiger partial charge in [-0.05, 0) is 39.0 Å². The number of hydrogen-bond acceptors (Lipinski definition) is 7. The fourth-order valence-electron chi connectivity index (χ4n) is 4.27. The van der Waals surface area contributed by atoms with Crippen molar-refractivity contribution in [2.45, 2.75) is 77.1 Å². The summed E-state index contributed by atoms with van der Waals surface area (Å²) in [5.41, 5.74) is 0.919. The van der Waals surface area contributed by atoms with Gasteiger partial charge < -0.3 is 9.47 Å². The van der Waals surface area contributed by atoms with Gasteiger partial charge in [-0.1, -0.05) is 12.8 Å². The number of ether oxygens (including phenoxy) is 2. The van der Waals surface area contributed by atoms with Gasteiger partial charge in [-0.3, -0.25) is 14.5 Å². The number of carbonyl (C=O) groups excluding carboxylic acids is 2. The third-order valence-corrected chi connectivity index (χ3v) is 6.20. The van der Waals surface area contributed by atoms with E-state index >= 15 is 0 Å². The highest BCUT2D eigenvalue weighted by molar-refractivity contribution is 7.09. The van der Waals surface area contributed by atoms with Crippen LogP contribution in [0.2, 0.25) is 0 Å². The zero-order valence-electron chi connectivity index (χ0n) is 15.8. The fraction of sp³-hybridized carbons (Fsp3) is 0.737. The Balaban J connectivity index is 1.67. The number of fused-ring (bicyclic) bond motifs is 1. The van der Waals surface area contributed by atoms with Crippen molar-refractivity contribution in [3.8, 4) is 0 Å². The van der Waals surface area contributed by atoms with Crippen molar-refractivity contribution >= 4 is 23.3 Å². The first kappa shape index (κ1) is 19.3. The molecule has 0 spiro atoms. The maximum atomic E-state index is 12.3. The van der Waals surface area contributed by atoms with Crippen molar-refractivity contribution in [2.24, 2.45) is 5.92 Å². The monoisotopic (exact) mass is 380 g/mol. The van der Waals surface area contributed by atoms with E-state index in [1.54, 1.807) is 0 Å². The second kappa shape index (κ2) is 8.48. The lowest BCUT2D eigenvalue weighted by molar-refractivity contribution is -0.147. The molecule has 1 aromatic rings. The highest BCUT2D eigenvalue weighted by Gasteiger charge is 2.45. The van der Waals surface area contributed by atoms with Gasteiger partial charge in [0.1, 0.15) is 11.0 Å². The van der Waals surface area contributed by atoms with Crippen molar-refractivity contribution < 1.29 is 19.1 Å². The molecular formula is C19H28N2O4S. The van der Waals surface area contributed by atoms with Gasteiger partial charge in [0.2, 0.25) is 0 Å². The Morgan fingerprint density at radius 1 is 1.35 bits per heavy atom. The van der Waals surface area contributed by atoms with Crippen molar-refractivity contribution in [1.82, 2.24) is 9.88 Å². The van der Waals surface area contributed by atoms with Crippen LogP contribution < -0.4 is 0 Å². The number of rotatable bonds is 6. The average molecular weight is 381 g/mol. The van der Waals surface area contributed by atoms with E-state index < -0.39 is 0 Å². The zero-order valence-corrected chi connectivity index (χ0v) is 16.6. The van der Waals surface area contributed by atoms with Crippen molar-refractivity contribution in [3.05, 3.63) is 16.1 Å². The molecule has 2 aliphatic rings. The molecule has 2 fully saturated rings. The predicted octanol–water partition coefficient (Wildman–Crippen LogP) is 2.94. The Morgan fingerprint density at radius 2 is 2.12 bits per heavy atom. The van der Waals surface area contributed by atoms with E-state index in [4.69, 9.17) is 9.47 Å². The van der Waals surface area contributed by atoms with Gasteiger partial charge >= 0.3 is 11.9 Å². The molecule has 1 aliphatic carbocycles. The van der Waals surface area contributed by atoms with Crippen LogP contribution in [0.1, 0.15) is 56.7 Å². The minimum Gasteiger partial charge on any atom is -0.468 e. The summed E-state index contributed by atoms with van der Waals surface area (Å²) in [6, 6.07) is 0.257. The third kappa shape index (κ3) is 4.43. The van der Waals surface area contributed by atoms with E-state index in [2.05, 4.69) is 9.88 Å². The molecule has 0 N–H and O–H groups in total. The Hall–Kier alpha value is -1.47.